The van der Waals surface area contributed by atoms with Crippen molar-refractivity contribution in [3.8, 4) is 0 Å². The van der Waals surface area contributed by atoms with E-state index in [-0.39, 0.29) is 5.82 Å². The summed E-state index contributed by atoms with van der Waals surface area (Å²) in [6.45, 7) is 3.77. The van der Waals surface area contributed by atoms with E-state index < -0.39 is 38.7 Å². The first-order valence-corrected chi connectivity index (χ1v) is 12.0. The first kappa shape index (κ1) is 25.6. The summed E-state index contributed by atoms with van der Waals surface area (Å²) >= 11 is 0. The van der Waals surface area contributed by atoms with Crippen molar-refractivity contribution in [3.63, 3.8) is 0 Å². The molecular formula is C18H32N5O7P. The van der Waals surface area contributed by atoms with E-state index in [2.05, 4.69) is 21.9 Å². The van der Waals surface area contributed by atoms with Crippen LogP contribution < -0.4 is 5.73 Å². The molecule has 1 aliphatic heterocycles. The molecule has 0 radical (unpaired) electrons. The molecule has 13 heteroatoms. The van der Waals surface area contributed by atoms with Crippen LogP contribution in [-0.4, -0.2) is 77.4 Å². The highest BCUT2D eigenvalue weighted by Crippen LogP contribution is 2.42. The predicted octanol–water partition coefficient (Wildman–Crippen LogP) is 0.809. The Morgan fingerprint density at radius 1 is 1.19 bits per heavy atom. The van der Waals surface area contributed by atoms with Crippen molar-refractivity contribution in [2.75, 3.05) is 25.1 Å². The molecule has 0 saturated carbocycles. The summed E-state index contributed by atoms with van der Waals surface area (Å²) in [5.41, 5.74) is 6.44. The van der Waals surface area contributed by atoms with Gasteiger partial charge in [-0.05, 0) is 13.3 Å². The second-order valence-electron chi connectivity index (χ2n) is 7.15. The maximum Gasteiger partial charge on any atom is 0.328 e. The molecule has 1 unspecified atom stereocenters. The standard InChI is InChI=1S/C10H13N5O4.C8H19O3P/c11-8-5-9(13-2-12-8)15(3-14-5)10-7(18)6(17)4(1-16)19-10;1-3-5-6-7-8-12(9,10)11-4-2/h2-4,6-7,10,16-18H,1H2,(H2,11,12,13);3-8H2,1-2H3,(H,9,10)/t4-,6-,7-,10-;/m1./s1. The number of aromatic nitrogens is 4. The van der Waals surface area contributed by atoms with E-state index in [9.17, 15) is 14.8 Å². The van der Waals surface area contributed by atoms with Gasteiger partial charge in [0.15, 0.2) is 17.7 Å². The van der Waals surface area contributed by atoms with Gasteiger partial charge in [-0.25, -0.2) is 15.0 Å². The molecule has 1 saturated heterocycles. The van der Waals surface area contributed by atoms with E-state index in [1.165, 1.54) is 17.2 Å². The molecule has 31 heavy (non-hydrogen) atoms. The van der Waals surface area contributed by atoms with Crippen LogP contribution in [0.15, 0.2) is 12.7 Å². The summed E-state index contributed by atoms with van der Waals surface area (Å²) < 4.78 is 22.7. The maximum atomic E-state index is 11.1. The molecule has 0 aliphatic carbocycles. The van der Waals surface area contributed by atoms with Crippen molar-refractivity contribution < 1.29 is 34.0 Å². The average molecular weight is 461 g/mol. The predicted molar refractivity (Wildman–Crippen MR) is 113 cm³/mol. The highest BCUT2D eigenvalue weighted by molar-refractivity contribution is 7.52. The third-order valence-corrected chi connectivity index (χ3v) is 6.35. The summed E-state index contributed by atoms with van der Waals surface area (Å²) in [4.78, 5) is 21.0. The van der Waals surface area contributed by atoms with E-state index in [4.69, 9.17) is 25.0 Å². The number of nitrogens with two attached hydrogens (primary N) is 1. The minimum atomic E-state index is -3.23. The van der Waals surface area contributed by atoms with Gasteiger partial charge in [0.25, 0.3) is 0 Å². The van der Waals surface area contributed by atoms with Crippen molar-refractivity contribution in [2.45, 2.75) is 64.1 Å². The highest BCUT2D eigenvalue weighted by Gasteiger charge is 2.43. The minimum Gasteiger partial charge on any atom is -0.394 e. The Bertz CT molecular complexity index is 867. The van der Waals surface area contributed by atoms with Gasteiger partial charge in [0.05, 0.1) is 19.5 Å². The van der Waals surface area contributed by atoms with E-state index in [0.29, 0.717) is 23.9 Å². The third-order valence-electron chi connectivity index (χ3n) is 4.80. The van der Waals surface area contributed by atoms with Gasteiger partial charge < -0.3 is 35.2 Å². The van der Waals surface area contributed by atoms with E-state index in [0.717, 1.165) is 25.7 Å². The molecule has 0 spiro atoms. The van der Waals surface area contributed by atoms with Gasteiger partial charge >= 0.3 is 7.60 Å². The van der Waals surface area contributed by atoms with Crippen LogP contribution in [0.3, 0.4) is 0 Å². The van der Waals surface area contributed by atoms with Gasteiger partial charge in [-0.1, -0.05) is 26.2 Å². The van der Waals surface area contributed by atoms with Gasteiger partial charge in [-0.2, -0.15) is 0 Å². The normalized spacial score (nSPS) is 25.2. The summed E-state index contributed by atoms with van der Waals surface area (Å²) in [7, 11) is -3.23. The number of hydrogen-bond donors (Lipinski definition) is 5. The third kappa shape index (κ3) is 6.66. The Kier molecular flexibility index (Phi) is 9.76. The zero-order chi connectivity index (χ0) is 23.0. The first-order valence-electron chi connectivity index (χ1n) is 10.3. The Morgan fingerprint density at radius 3 is 2.55 bits per heavy atom. The lowest BCUT2D eigenvalue weighted by Crippen LogP contribution is -2.33. The summed E-state index contributed by atoms with van der Waals surface area (Å²) in [6.07, 6.45) is 2.97. The summed E-state index contributed by atoms with van der Waals surface area (Å²) in [5, 5.41) is 28.7. The van der Waals surface area contributed by atoms with Crippen molar-refractivity contribution >= 4 is 24.6 Å². The number of aliphatic hydroxyl groups excluding tert-OH is 3. The SMILES string of the molecule is CCCCCCP(=O)(O)OCC.Nc1ncnc2c1ncn2[C@@H]1O[C@H](CO)[C@@H](O)[C@H]1O. The summed E-state index contributed by atoms with van der Waals surface area (Å²) in [5.74, 6) is 0.218. The lowest BCUT2D eigenvalue weighted by molar-refractivity contribution is -0.0511. The van der Waals surface area contributed by atoms with Gasteiger partial charge in [-0.15, -0.1) is 0 Å². The molecule has 2 aromatic heterocycles. The van der Waals surface area contributed by atoms with E-state index in [1.54, 1.807) is 6.92 Å². The van der Waals surface area contributed by atoms with Crippen LogP contribution in [0.1, 0.15) is 45.8 Å². The van der Waals surface area contributed by atoms with Crippen LogP contribution in [0.4, 0.5) is 5.82 Å². The fraction of sp³-hybridized carbons (Fsp3) is 0.722. The topological polar surface area (TPSA) is 186 Å². The number of hydrogen-bond acceptors (Lipinski definition) is 10. The molecule has 1 fully saturated rings. The van der Waals surface area contributed by atoms with Gasteiger partial charge in [-0.3, -0.25) is 9.13 Å². The molecule has 0 aromatic carbocycles. The molecule has 1 aliphatic rings. The fourth-order valence-electron chi connectivity index (χ4n) is 3.17. The number of imidazole rings is 1. The monoisotopic (exact) mass is 461 g/mol. The Labute approximate surface area is 180 Å². The molecule has 0 bridgehead atoms. The second-order valence-corrected chi connectivity index (χ2v) is 9.13. The van der Waals surface area contributed by atoms with Crippen LogP contribution in [0.5, 0.6) is 0 Å². The number of unbranched alkanes of at least 4 members (excludes halogenated alkanes) is 3. The van der Waals surface area contributed by atoms with Crippen molar-refractivity contribution in [1.29, 1.82) is 0 Å². The number of rotatable bonds is 9. The Morgan fingerprint density at radius 2 is 1.94 bits per heavy atom. The Balaban J connectivity index is 0.000000248. The van der Waals surface area contributed by atoms with E-state index >= 15 is 0 Å². The molecule has 3 rings (SSSR count). The average Bonchev–Trinajstić information content (AvgIpc) is 3.28. The van der Waals surface area contributed by atoms with Crippen LogP contribution in [0, 0.1) is 0 Å². The number of aliphatic hydroxyl groups is 3. The zero-order valence-electron chi connectivity index (χ0n) is 17.7. The van der Waals surface area contributed by atoms with Crippen LogP contribution >= 0.6 is 7.60 Å². The van der Waals surface area contributed by atoms with Crippen LogP contribution in [0.25, 0.3) is 11.2 Å². The molecule has 5 atom stereocenters. The molecule has 0 amide bonds. The second kappa shape index (κ2) is 11.8. The molecule has 6 N–H and O–H groups in total. The molecule has 176 valence electrons. The maximum absolute atomic E-state index is 11.1. The molecule has 12 nitrogen and oxygen atoms in total. The van der Waals surface area contributed by atoms with Gasteiger partial charge in [0.2, 0.25) is 0 Å². The molecule has 2 aromatic rings. The quantitative estimate of drug-likeness (QED) is 0.263. The van der Waals surface area contributed by atoms with Crippen molar-refractivity contribution in [3.05, 3.63) is 12.7 Å². The number of anilines is 1. The molecular weight excluding hydrogens is 429 g/mol. The number of ether oxygens (including phenoxy) is 1. The van der Waals surface area contributed by atoms with Crippen molar-refractivity contribution in [1.82, 2.24) is 19.5 Å². The van der Waals surface area contributed by atoms with Crippen LogP contribution in [0.2, 0.25) is 0 Å². The smallest absolute Gasteiger partial charge is 0.328 e. The largest absolute Gasteiger partial charge is 0.394 e. The zero-order valence-corrected chi connectivity index (χ0v) is 18.6. The lowest BCUT2D eigenvalue weighted by atomic mass is 10.1. The summed E-state index contributed by atoms with van der Waals surface area (Å²) in [6, 6.07) is 0. The first-order chi connectivity index (χ1) is 14.8. The van der Waals surface area contributed by atoms with E-state index in [1.807, 2.05) is 0 Å². The Hall–Kier alpha value is -1.66. The highest BCUT2D eigenvalue weighted by atomic mass is 31.2. The van der Waals surface area contributed by atoms with Crippen molar-refractivity contribution in [2.24, 2.45) is 0 Å². The molecule has 3 heterocycles. The van der Waals surface area contributed by atoms with Crippen LogP contribution in [-0.2, 0) is 13.8 Å². The number of nitrogens with zero attached hydrogens (tertiary/aromatic N) is 4. The minimum absolute atomic E-state index is 0.218. The number of nitrogen functional groups attached to an aromatic ring is 1. The number of fused-ring (bicyclic) bond motifs is 1. The fourth-order valence-corrected chi connectivity index (χ4v) is 4.33. The van der Waals surface area contributed by atoms with Gasteiger partial charge in [0, 0.05) is 6.16 Å². The lowest BCUT2D eigenvalue weighted by Gasteiger charge is -2.16. The van der Waals surface area contributed by atoms with Gasteiger partial charge in [0.1, 0.15) is 30.2 Å².